The summed E-state index contributed by atoms with van der Waals surface area (Å²) < 4.78 is 11.2. The van der Waals surface area contributed by atoms with E-state index in [9.17, 15) is 0 Å². The van der Waals surface area contributed by atoms with E-state index in [-0.39, 0.29) is 6.04 Å². The van der Waals surface area contributed by atoms with Gasteiger partial charge in [-0.05, 0) is 42.5 Å². The average molecular weight is 284 g/mol. The summed E-state index contributed by atoms with van der Waals surface area (Å²) in [6.45, 7) is 4.38. The van der Waals surface area contributed by atoms with Gasteiger partial charge in [0, 0.05) is 30.7 Å². The van der Waals surface area contributed by atoms with Crippen LogP contribution in [0, 0.1) is 0 Å². The molecule has 3 nitrogen and oxygen atoms in total. The Kier molecular flexibility index (Phi) is 5.49. The van der Waals surface area contributed by atoms with E-state index in [0.29, 0.717) is 0 Å². The van der Waals surface area contributed by atoms with Crippen molar-refractivity contribution in [3.63, 3.8) is 0 Å². The summed E-state index contributed by atoms with van der Waals surface area (Å²) in [6.07, 6.45) is 3.64. The van der Waals surface area contributed by atoms with Crippen LogP contribution in [0.25, 0.3) is 0 Å². The maximum atomic E-state index is 6.15. The monoisotopic (exact) mass is 283 g/mol. The first-order valence-electron chi connectivity index (χ1n) is 6.98. The lowest BCUT2D eigenvalue weighted by Gasteiger charge is -2.14. The maximum absolute atomic E-state index is 6.15. The number of rotatable bonds is 7. The van der Waals surface area contributed by atoms with E-state index in [1.165, 1.54) is 5.56 Å². The first-order chi connectivity index (χ1) is 9.20. The Morgan fingerprint density at radius 2 is 2.26 bits per heavy atom. The predicted molar refractivity (Wildman–Crippen MR) is 78.1 cm³/mol. The van der Waals surface area contributed by atoms with Gasteiger partial charge >= 0.3 is 0 Å². The van der Waals surface area contributed by atoms with E-state index in [4.69, 9.17) is 26.8 Å². The van der Waals surface area contributed by atoms with Gasteiger partial charge in [0.2, 0.25) is 0 Å². The predicted octanol–water partition coefficient (Wildman–Crippen LogP) is 2.96. The normalized spacial score (nSPS) is 15.1. The van der Waals surface area contributed by atoms with Crippen LogP contribution < -0.4 is 10.5 Å². The van der Waals surface area contributed by atoms with Crippen LogP contribution in [0.1, 0.15) is 30.9 Å². The summed E-state index contributed by atoms with van der Waals surface area (Å²) in [6, 6.07) is 4.05. The van der Waals surface area contributed by atoms with E-state index >= 15 is 0 Å². The highest BCUT2D eigenvalue weighted by Crippen LogP contribution is 2.33. The van der Waals surface area contributed by atoms with Gasteiger partial charge in [-0.2, -0.15) is 0 Å². The van der Waals surface area contributed by atoms with Crippen LogP contribution in [-0.4, -0.2) is 25.9 Å². The molecule has 0 bridgehead atoms. The minimum Gasteiger partial charge on any atom is -0.493 e. The summed E-state index contributed by atoms with van der Waals surface area (Å²) in [4.78, 5) is 0. The zero-order valence-corrected chi connectivity index (χ0v) is 12.2. The molecule has 0 amide bonds. The first kappa shape index (κ1) is 14.6. The minimum absolute atomic E-state index is 0.0867. The second-order valence-corrected chi connectivity index (χ2v) is 5.45. The number of hydrogen-bond donors (Lipinski definition) is 1. The molecule has 1 aliphatic rings. The van der Waals surface area contributed by atoms with Crippen LogP contribution in [0.5, 0.6) is 5.75 Å². The summed E-state index contributed by atoms with van der Waals surface area (Å²) in [7, 11) is 0. The lowest BCUT2D eigenvalue weighted by atomic mass is 10.0. The summed E-state index contributed by atoms with van der Waals surface area (Å²) in [5.74, 6) is 0.995. The standard InChI is InChI=1S/C15H22ClNO2/c1-2-5-18-6-4-14(17)10-12-9-13(16)8-11-3-7-19-15(11)12/h8-9,14H,2-7,10,17H2,1H3. The summed E-state index contributed by atoms with van der Waals surface area (Å²) in [5.41, 5.74) is 8.49. The van der Waals surface area contributed by atoms with Crippen LogP contribution in [0.3, 0.4) is 0 Å². The van der Waals surface area contributed by atoms with Gasteiger partial charge in [-0.15, -0.1) is 0 Å². The smallest absolute Gasteiger partial charge is 0.125 e. The Bertz CT molecular complexity index is 423. The molecule has 1 aromatic carbocycles. The molecule has 2 rings (SSSR count). The van der Waals surface area contributed by atoms with Gasteiger partial charge in [-0.3, -0.25) is 0 Å². The number of benzene rings is 1. The number of halogens is 1. The van der Waals surface area contributed by atoms with Gasteiger partial charge in [-0.25, -0.2) is 0 Å². The third-order valence-electron chi connectivity index (χ3n) is 3.29. The molecule has 106 valence electrons. The van der Waals surface area contributed by atoms with Crippen molar-refractivity contribution >= 4 is 11.6 Å². The zero-order chi connectivity index (χ0) is 13.7. The summed E-state index contributed by atoms with van der Waals surface area (Å²) >= 11 is 6.14. The molecule has 0 spiro atoms. The van der Waals surface area contributed by atoms with Crippen molar-refractivity contribution in [2.24, 2.45) is 5.73 Å². The van der Waals surface area contributed by atoms with Crippen LogP contribution in [0.4, 0.5) is 0 Å². The molecule has 1 atom stereocenters. The molecule has 0 fully saturated rings. The fourth-order valence-corrected chi connectivity index (χ4v) is 2.63. The molecule has 0 aliphatic carbocycles. The maximum Gasteiger partial charge on any atom is 0.125 e. The van der Waals surface area contributed by atoms with Crippen LogP contribution in [0.2, 0.25) is 5.02 Å². The van der Waals surface area contributed by atoms with E-state index in [1.54, 1.807) is 0 Å². The van der Waals surface area contributed by atoms with Gasteiger partial charge < -0.3 is 15.2 Å². The van der Waals surface area contributed by atoms with Crippen LogP contribution >= 0.6 is 11.6 Å². The lowest BCUT2D eigenvalue weighted by molar-refractivity contribution is 0.127. The Balaban J connectivity index is 1.92. The Morgan fingerprint density at radius 1 is 1.42 bits per heavy atom. The summed E-state index contributed by atoms with van der Waals surface area (Å²) in [5, 5.41) is 0.772. The third kappa shape index (κ3) is 4.10. The van der Waals surface area contributed by atoms with Crippen LogP contribution in [0.15, 0.2) is 12.1 Å². The third-order valence-corrected chi connectivity index (χ3v) is 3.51. The molecular weight excluding hydrogens is 262 g/mol. The molecule has 1 heterocycles. The molecule has 0 radical (unpaired) electrons. The minimum atomic E-state index is 0.0867. The number of fused-ring (bicyclic) bond motifs is 1. The highest BCUT2D eigenvalue weighted by Gasteiger charge is 2.19. The van der Waals surface area contributed by atoms with Crippen molar-refractivity contribution in [1.82, 2.24) is 0 Å². The van der Waals surface area contributed by atoms with Gasteiger partial charge in [0.15, 0.2) is 0 Å². The van der Waals surface area contributed by atoms with Crippen LogP contribution in [-0.2, 0) is 17.6 Å². The van der Waals surface area contributed by atoms with Crippen molar-refractivity contribution in [2.45, 2.75) is 38.6 Å². The highest BCUT2D eigenvalue weighted by atomic mass is 35.5. The molecule has 1 aromatic rings. The molecule has 0 saturated heterocycles. The first-order valence-corrected chi connectivity index (χ1v) is 7.36. The molecule has 2 N–H and O–H groups in total. The van der Waals surface area contributed by atoms with Crippen molar-refractivity contribution in [2.75, 3.05) is 19.8 Å². The molecular formula is C15H22ClNO2. The molecule has 19 heavy (non-hydrogen) atoms. The second kappa shape index (κ2) is 7.13. The van der Waals surface area contributed by atoms with Crippen molar-refractivity contribution in [3.05, 3.63) is 28.3 Å². The molecule has 1 aliphatic heterocycles. The Labute approximate surface area is 120 Å². The van der Waals surface area contributed by atoms with Crippen molar-refractivity contribution < 1.29 is 9.47 Å². The number of hydrogen-bond acceptors (Lipinski definition) is 3. The van der Waals surface area contributed by atoms with Crippen molar-refractivity contribution in [3.8, 4) is 5.75 Å². The number of ether oxygens (including phenoxy) is 2. The van der Waals surface area contributed by atoms with Crippen molar-refractivity contribution in [1.29, 1.82) is 0 Å². The second-order valence-electron chi connectivity index (χ2n) is 5.02. The molecule has 1 unspecified atom stereocenters. The Morgan fingerprint density at radius 3 is 3.05 bits per heavy atom. The quantitative estimate of drug-likeness (QED) is 0.783. The van der Waals surface area contributed by atoms with E-state index in [2.05, 4.69) is 6.92 Å². The highest BCUT2D eigenvalue weighted by molar-refractivity contribution is 6.30. The zero-order valence-electron chi connectivity index (χ0n) is 11.5. The average Bonchev–Trinajstić information content (AvgIpc) is 2.82. The van der Waals surface area contributed by atoms with Gasteiger partial charge in [0.05, 0.1) is 6.61 Å². The Hall–Kier alpha value is -0.770. The fraction of sp³-hybridized carbons (Fsp3) is 0.600. The van der Waals surface area contributed by atoms with Gasteiger partial charge in [-0.1, -0.05) is 18.5 Å². The SMILES string of the molecule is CCCOCCC(N)Cc1cc(Cl)cc2c1OCC2. The fourth-order valence-electron chi connectivity index (χ4n) is 2.36. The van der Waals surface area contributed by atoms with E-state index in [1.807, 2.05) is 12.1 Å². The molecule has 4 heteroatoms. The van der Waals surface area contributed by atoms with Gasteiger partial charge in [0.1, 0.15) is 5.75 Å². The van der Waals surface area contributed by atoms with Gasteiger partial charge in [0.25, 0.3) is 0 Å². The number of nitrogens with two attached hydrogens (primary N) is 1. The lowest BCUT2D eigenvalue weighted by Crippen LogP contribution is -2.25. The largest absolute Gasteiger partial charge is 0.493 e. The van der Waals surface area contributed by atoms with E-state index in [0.717, 1.165) is 61.8 Å². The molecule has 0 saturated carbocycles. The molecule has 0 aromatic heterocycles. The van der Waals surface area contributed by atoms with E-state index < -0.39 is 0 Å². The topological polar surface area (TPSA) is 44.5 Å².